The standard InChI is InChI=1S/C15H22ClFN2/c1-18-13-4-6-14(7-5-13)19(2)10-11-9-12(16)3-8-15(11)17/h3,8-9,13-14,18H,4-7,10H2,1-2H3. The highest BCUT2D eigenvalue weighted by Gasteiger charge is 2.23. The molecule has 2 nitrogen and oxygen atoms in total. The Morgan fingerprint density at radius 1 is 1.32 bits per heavy atom. The molecule has 0 aliphatic heterocycles. The van der Waals surface area contributed by atoms with Gasteiger partial charge < -0.3 is 5.32 Å². The van der Waals surface area contributed by atoms with Crippen molar-refractivity contribution in [2.75, 3.05) is 14.1 Å². The molecule has 1 aliphatic rings. The molecule has 1 saturated carbocycles. The summed E-state index contributed by atoms with van der Waals surface area (Å²) in [5.74, 6) is -0.167. The summed E-state index contributed by atoms with van der Waals surface area (Å²) >= 11 is 5.93. The quantitative estimate of drug-likeness (QED) is 0.911. The van der Waals surface area contributed by atoms with E-state index < -0.39 is 0 Å². The van der Waals surface area contributed by atoms with Gasteiger partial charge in [0.15, 0.2) is 0 Å². The number of halogens is 2. The molecule has 0 radical (unpaired) electrons. The molecule has 0 heterocycles. The van der Waals surface area contributed by atoms with Crippen LogP contribution >= 0.6 is 11.6 Å². The van der Waals surface area contributed by atoms with E-state index >= 15 is 0 Å². The van der Waals surface area contributed by atoms with Crippen LogP contribution in [0, 0.1) is 5.82 Å². The predicted molar refractivity (Wildman–Crippen MR) is 78.0 cm³/mol. The molecule has 0 amide bonds. The first kappa shape index (κ1) is 14.8. The highest BCUT2D eigenvalue weighted by Crippen LogP contribution is 2.24. The number of hydrogen-bond donors (Lipinski definition) is 1. The van der Waals surface area contributed by atoms with Crippen LogP contribution in [0.5, 0.6) is 0 Å². The summed E-state index contributed by atoms with van der Waals surface area (Å²) in [6.45, 7) is 0.626. The van der Waals surface area contributed by atoms with Crippen molar-refractivity contribution < 1.29 is 4.39 Å². The third-order valence-corrected chi connectivity index (χ3v) is 4.39. The van der Waals surface area contributed by atoms with Gasteiger partial charge in [0.2, 0.25) is 0 Å². The van der Waals surface area contributed by atoms with E-state index in [0.717, 1.165) is 0 Å². The molecule has 4 heteroatoms. The molecule has 2 rings (SSSR count). The van der Waals surface area contributed by atoms with Gasteiger partial charge in [-0.05, 0) is 58.0 Å². The maximum Gasteiger partial charge on any atom is 0.127 e. The third-order valence-electron chi connectivity index (χ3n) is 4.16. The van der Waals surface area contributed by atoms with E-state index in [1.807, 2.05) is 7.05 Å². The zero-order valence-corrected chi connectivity index (χ0v) is 12.4. The monoisotopic (exact) mass is 284 g/mol. The first-order chi connectivity index (χ1) is 9.10. The highest BCUT2D eigenvalue weighted by atomic mass is 35.5. The minimum Gasteiger partial charge on any atom is -0.317 e. The maximum atomic E-state index is 13.7. The van der Waals surface area contributed by atoms with Crippen LogP contribution in [0.1, 0.15) is 31.2 Å². The summed E-state index contributed by atoms with van der Waals surface area (Å²) in [5.41, 5.74) is 0.686. The number of nitrogens with zero attached hydrogens (tertiary/aromatic N) is 1. The fraction of sp³-hybridized carbons (Fsp3) is 0.600. The number of nitrogens with one attached hydrogen (secondary N) is 1. The average Bonchev–Trinajstić information content (AvgIpc) is 2.43. The summed E-state index contributed by atoms with van der Waals surface area (Å²) in [6, 6.07) is 5.96. The fourth-order valence-corrected chi connectivity index (χ4v) is 3.06. The van der Waals surface area contributed by atoms with E-state index in [0.29, 0.717) is 29.2 Å². The maximum absolute atomic E-state index is 13.7. The van der Waals surface area contributed by atoms with E-state index in [1.54, 1.807) is 12.1 Å². The third kappa shape index (κ3) is 3.91. The first-order valence-corrected chi connectivity index (χ1v) is 7.29. The second kappa shape index (κ2) is 6.69. The Hall–Kier alpha value is -0.640. The van der Waals surface area contributed by atoms with Gasteiger partial charge in [0, 0.05) is 29.2 Å². The Kier molecular flexibility index (Phi) is 5.20. The summed E-state index contributed by atoms with van der Waals surface area (Å²) in [4.78, 5) is 2.25. The molecule has 1 fully saturated rings. The lowest BCUT2D eigenvalue weighted by Crippen LogP contribution is -2.39. The summed E-state index contributed by atoms with van der Waals surface area (Å²) < 4.78 is 13.7. The SMILES string of the molecule is CNC1CCC(N(C)Cc2cc(Cl)ccc2F)CC1. The van der Waals surface area contributed by atoms with Crippen LogP contribution < -0.4 is 5.32 Å². The molecular weight excluding hydrogens is 263 g/mol. The van der Waals surface area contributed by atoms with E-state index in [9.17, 15) is 4.39 Å². The Labute approximate surface area is 119 Å². The molecule has 0 saturated heterocycles. The van der Waals surface area contributed by atoms with Gasteiger partial charge >= 0.3 is 0 Å². The summed E-state index contributed by atoms with van der Waals surface area (Å²) in [7, 11) is 4.10. The first-order valence-electron chi connectivity index (χ1n) is 6.91. The lowest BCUT2D eigenvalue weighted by atomic mass is 9.90. The molecular formula is C15H22ClFN2. The lowest BCUT2D eigenvalue weighted by Gasteiger charge is -2.34. The van der Waals surface area contributed by atoms with Gasteiger partial charge in [-0.25, -0.2) is 4.39 Å². The van der Waals surface area contributed by atoms with E-state index in [1.165, 1.54) is 31.7 Å². The van der Waals surface area contributed by atoms with Gasteiger partial charge in [-0.2, -0.15) is 0 Å². The summed E-state index contributed by atoms with van der Waals surface area (Å²) in [6.07, 6.45) is 4.74. The van der Waals surface area contributed by atoms with Crippen molar-refractivity contribution in [1.29, 1.82) is 0 Å². The van der Waals surface area contributed by atoms with Crippen LogP contribution in [0.15, 0.2) is 18.2 Å². The molecule has 1 aliphatic carbocycles. The van der Waals surface area contributed by atoms with Crippen molar-refractivity contribution in [1.82, 2.24) is 10.2 Å². The van der Waals surface area contributed by atoms with Crippen molar-refractivity contribution in [3.05, 3.63) is 34.6 Å². The van der Waals surface area contributed by atoms with Crippen molar-refractivity contribution >= 4 is 11.6 Å². The Morgan fingerprint density at radius 3 is 2.63 bits per heavy atom. The van der Waals surface area contributed by atoms with Crippen LogP contribution in [0.2, 0.25) is 5.02 Å². The summed E-state index contributed by atoms with van der Waals surface area (Å²) in [5, 5.41) is 3.93. The van der Waals surface area contributed by atoms with Gasteiger partial charge in [0.05, 0.1) is 0 Å². The largest absolute Gasteiger partial charge is 0.317 e. The van der Waals surface area contributed by atoms with E-state index in [-0.39, 0.29) is 5.82 Å². The van der Waals surface area contributed by atoms with Gasteiger partial charge in [-0.1, -0.05) is 11.6 Å². The second-order valence-electron chi connectivity index (χ2n) is 5.44. The van der Waals surface area contributed by atoms with Gasteiger partial charge in [0.1, 0.15) is 5.82 Å². The second-order valence-corrected chi connectivity index (χ2v) is 5.88. The minimum atomic E-state index is -0.167. The topological polar surface area (TPSA) is 15.3 Å². The van der Waals surface area contributed by atoms with Gasteiger partial charge in [0.25, 0.3) is 0 Å². The lowest BCUT2D eigenvalue weighted by molar-refractivity contribution is 0.168. The van der Waals surface area contributed by atoms with E-state index in [2.05, 4.69) is 17.3 Å². The highest BCUT2D eigenvalue weighted by molar-refractivity contribution is 6.30. The average molecular weight is 285 g/mol. The van der Waals surface area contributed by atoms with Crippen molar-refractivity contribution in [2.24, 2.45) is 0 Å². The van der Waals surface area contributed by atoms with Crippen molar-refractivity contribution in [3.8, 4) is 0 Å². The van der Waals surface area contributed by atoms with Crippen LogP contribution in [0.3, 0.4) is 0 Å². The molecule has 0 unspecified atom stereocenters. The zero-order valence-electron chi connectivity index (χ0n) is 11.6. The molecule has 0 aromatic heterocycles. The molecule has 0 bridgehead atoms. The molecule has 1 N–H and O–H groups in total. The number of hydrogen-bond acceptors (Lipinski definition) is 2. The molecule has 1 aromatic rings. The van der Waals surface area contributed by atoms with Crippen LogP contribution in [0.25, 0.3) is 0 Å². The minimum absolute atomic E-state index is 0.167. The van der Waals surface area contributed by atoms with Gasteiger partial charge in [-0.3, -0.25) is 4.90 Å². The predicted octanol–water partition coefficient (Wildman–Crippen LogP) is 3.44. The molecule has 106 valence electrons. The number of benzene rings is 1. The van der Waals surface area contributed by atoms with Crippen molar-refractivity contribution in [3.63, 3.8) is 0 Å². The molecule has 0 atom stereocenters. The zero-order chi connectivity index (χ0) is 13.8. The number of rotatable bonds is 4. The Bertz CT molecular complexity index is 417. The van der Waals surface area contributed by atoms with E-state index in [4.69, 9.17) is 11.6 Å². The fourth-order valence-electron chi connectivity index (χ4n) is 2.87. The molecule has 0 spiro atoms. The normalized spacial score (nSPS) is 23.8. The molecule has 19 heavy (non-hydrogen) atoms. The molecule has 1 aromatic carbocycles. The van der Waals surface area contributed by atoms with Gasteiger partial charge in [-0.15, -0.1) is 0 Å². The van der Waals surface area contributed by atoms with Crippen LogP contribution in [0.4, 0.5) is 4.39 Å². The van der Waals surface area contributed by atoms with Crippen LogP contribution in [-0.4, -0.2) is 31.1 Å². The smallest absolute Gasteiger partial charge is 0.127 e. The van der Waals surface area contributed by atoms with Crippen LogP contribution in [-0.2, 0) is 6.54 Å². The van der Waals surface area contributed by atoms with Crippen molar-refractivity contribution in [2.45, 2.75) is 44.3 Å². The Morgan fingerprint density at radius 2 is 2.00 bits per heavy atom. The Balaban J connectivity index is 1.94.